The number of nitrogens with zero attached hydrogens (tertiary/aromatic N) is 2. The van der Waals surface area contributed by atoms with Gasteiger partial charge in [0, 0.05) is 18.0 Å². The van der Waals surface area contributed by atoms with Crippen LogP contribution >= 0.6 is 11.3 Å². The summed E-state index contributed by atoms with van der Waals surface area (Å²) in [7, 11) is -3.10. The standard InChI is InChI=1S/C25H28F2N4O5S2/c1-25(2,34)14-10-16(26)22(17(27)11-14)20-12-15(23(28)33)24(37-20)30-21-5-3-4-18(29-21)19(13-32)31-6-8-38(35,36)9-7-31/h3-5,10-12,19,32,34H,6-9,13H2,1-2H3,(H2,28,33)(H,29,30). The van der Waals surface area contributed by atoms with Gasteiger partial charge in [0.25, 0.3) is 5.91 Å². The number of rotatable bonds is 8. The first-order valence-corrected chi connectivity index (χ1v) is 14.4. The first-order chi connectivity index (χ1) is 17.8. The van der Waals surface area contributed by atoms with Gasteiger partial charge in [0.2, 0.25) is 0 Å². The summed E-state index contributed by atoms with van der Waals surface area (Å²) in [6, 6.07) is 7.82. The van der Waals surface area contributed by atoms with E-state index < -0.39 is 39.0 Å². The minimum absolute atomic E-state index is 0.00233. The molecule has 0 radical (unpaired) electrons. The number of primary amides is 1. The van der Waals surface area contributed by atoms with Gasteiger partial charge in [-0.2, -0.15) is 0 Å². The number of carbonyl (C=O) groups is 1. The highest BCUT2D eigenvalue weighted by Gasteiger charge is 2.29. The number of aromatic nitrogens is 1. The molecular formula is C25H28F2N4O5S2. The number of thiophene rings is 1. The maximum absolute atomic E-state index is 14.9. The molecule has 3 heterocycles. The van der Waals surface area contributed by atoms with Crippen LogP contribution in [0.3, 0.4) is 0 Å². The molecule has 5 N–H and O–H groups in total. The van der Waals surface area contributed by atoms with Crippen molar-refractivity contribution in [3.63, 3.8) is 0 Å². The van der Waals surface area contributed by atoms with E-state index in [0.717, 1.165) is 23.5 Å². The number of nitrogens with one attached hydrogen (secondary N) is 1. The van der Waals surface area contributed by atoms with Crippen molar-refractivity contribution >= 4 is 37.9 Å². The number of amides is 1. The first-order valence-electron chi connectivity index (χ1n) is 11.7. The van der Waals surface area contributed by atoms with Crippen LogP contribution in [0.5, 0.6) is 0 Å². The minimum atomic E-state index is -3.10. The van der Waals surface area contributed by atoms with Crippen LogP contribution in [-0.2, 0) is 15.4 Å². The summed E-state index contributed by atoms with van der Waals surface area (Å²) < 4.78 is 53.5. The molecule has 1 aliphatic heterocycles. The quantitative estimate of drug-likeness (QED) is 0.326. The van der Waals surface area contributed by atoms with Crippen molar-refractivity contribution < 1.29 is 32.2 Å². The summed E-state index contributed by atoms with van der Waals surface area (Å²) in [6.07, 6.45) is 0. The van der Waals surface area contributed by atoms with Crippen LogP contribution in [0.4, 0.5) is 19.6 Å². The molecule has 0 bridgehead atoms. The van der Waals surface area contributed by atoms with Crippen LogP contribution in [-0.4, -0.2) is 65.6 Å². The Morgan fingerprint density at radius 2 is 1.84 bits per heavy atom. The van der Waals surface area contributed by atoms with Crippen LogP contribution in [0.15, 0.2) is 36.4 Å². The Kier molecular flexibility index (Phi) is 7.86. The van der Waals surface area contributed by atoms with Crippen LogP contribution in [0.25, 0.3) is 10.4 Å². The van der Waals surface area contributed by atoms with Gasteiger partial charge in [-0.15, -0.1) is 11.3 Å². The fourth-order valence-electron chi connectivity index (χ4n) is 4.21. The van der Waals surface area contributed by atoms with Gasteiger partial charge in [0.1, 0.15) is 22.5 Å². The molecule has 1 aromatic carbocycles. The van der Waals surface area contributed by atoms with Crippen molar-refractivity contribution in [2.24, 2.45) is 5.73 Å². The van der Waals surface area contributed by atoms with E-state index in [1.54, 1.807) is 18.2 Å². The summed E-state index contributed by atoms with van der Waals surface area (Å²) in [5, 5.41) is 23.3. The van der Waals surface area contributed by atoms with Gasteiger partial charge >= 0.3 is 0 Å². The Hall–Kier alpha value is -2.97. The van der Waals surface area contributed by atoms with Crippen LogP contribution in [0.1, 0.15) is 41.5 Å². The average Bonchev–Trinajstić information content (AvgIpc) is 3.23. The Morgan fingerprint density at radius 3 is 2.39 bits per heavy atom. The molecule has 4 rings (SSSR count). The molecule has 1 fully saturated rings. The van der Waals surface area contributed by atoms with E-state index in [2.05, 4.69) is 10.3 Å². The Morgan fingerprint density at radius 1 is 1.21 bits per heavy atom. The molecule has 1 amide bonds. The molecule has 9 nitrogen and oxygen atoms in total. The normalized spacial score (nSPS) is 16.8. The zero-order valence-corrected chi connectivity index (χ0v) is 22.4. The van der Waals surface area contributed by atoms with Crippen molar-refractivity contribution in [1.29, 1.82) is 0 Å². The summed E-state index contributed by atoms with van der Waals surface area (Å²) in [5.74, 6) is -2.35. The molecule has 1 atom stereocenters. The Balaban J connectivity index is 1.65. The SMILES string of the molecule is CC(C)(O)c1cc(F)c(-c2cc(C(N)=O)c(Nc3cccc(C(CO)N4CCS(=O)(=O)CC4)n3)s2)c(F)c1. The highest BCUT2D eigenvalue weighted by molar-refractivity contribution is 7.91. The number of hydrogen-bond donors (Lipinski definition) is 4. The predicted octanol–water partition coefficient (Wildman–Crippen LogP) is 2.92. The summed E-state index contributed by atoms with van der Waals surface area (Å²) in [6.45, 7) is 3.06. The third-order valence-electron chi connectivity index (χ3n) is 6.34. The third kappa shape index (κ3) is 6.02. The second kappa shape index (κ2) is 10.7. The number of aliphatic hydroxyl groups excluding tert-OH is 1. The number of carbonyl (C=O) groups excluding carboxylic acids is 1. The lowest BCUT2D eigenvalue weighted by atomic mass is 9.96. The van der Waals surface area contributed by atoms with E-state index in [-0.39, 0.29) is 57.8 Å². The van der Waals surface area contributed by atoms with E-state index in [1.165, 1.54) is 19.9 Å². The number of anilines is 2. The van der Waals surface area contributed by atoms with Crippen LogP contribution < -0.4 is 11.1 Å². The topological polar surface area (TPSA) is 146 Å². The first kappa shape index (κ1) is 28.0. The van der Waals surface area contributed by atoms with Crippen molar-refractivity contribution in [2.75, 3.05) is 36.5 Å². The van der Waals surface area contributed by atoms with E-state index >= 15 is 0 Å². The van der Waals surface area contributed by atoms with Gasteiger partial charge in [-0.05, 0) is 49.7 Å². The number of pyridine rings is 1. The average molecular weight is 567 g/mol. The summed E-state index contributed by atoms with van der Waals surface area (Å²) >= 11 is 0.904. The van der Waals surface area contributed by atoms with Gasteiger partial charge in [-0.1, -0.05) is 6.07 Å². The van der Waals surface area contributed by atoms with Gasteiger partial charge in [-0.25, -0.2) is 22.2 Å². The molecule has 0 aliphatic carbocycles. The molecule has 204 valence electrons. The number of aliphatic hydroxyl groups is 2. The minimum Gasteiger partial charge on any atom is -0.394 e. The van der Waals surface area contributed by atoms with Gasteiger partial charge in [-0.3, -0.25) is 9.69 Å². The lowest BCUT2D eigenvalue weighted by Gasteiger charge is -2.33. The number of benzene rings is 1. The summed E-state index contributed by atoms with van der Waals surface area (Å²) in [4.78, 5) is 18.6. The smallest absolute Gasteiger partial charge is 0.251 e. The van der Waals surface area contributed by atoms with Crippen molar-refractivity contribution in [2.45, 2.75) is 25.5 Å². The Bertz CT molecular complexity index is 1430. The van der Waals surface area contributed by atoms with Gasteiger partial charge in [0.15, 0.2) is 9.84 Å². The van der Waals surface area contributed by atoms with E-state index in [4.69, 9.17) is 5.73 Å². The number of hydrogen-bond acceptors (Lipinski definition) is 9. The van der Waals surface area contributed by atoms with E-state index in [1.807, 2.05) is 4.90 Å². The second-order valence-corrected chi connectivity index (χ2v) is 12.9. The van der Waals surface area contributed by atoms with E-state index in [0.29, 0.717) is 11.5 Å². The van der Waals surface area contributed by atoms with Gasteiger partial charge in [0.05, 0.1) is 46.6 Å². The van der Waals surface area contributed by atoms with Crippen LogP contribution in [0.2, 0.25) is 0 Å². The molecule has 38 heavy (non-hydrogen) atoms. The molecule has 1 aliphatic rings. The number of sulfone groups is 1. The highest BCUT2D eigenvalue weighted by Crippen LogP contribution is 2.40. The van der Waals surface area contributed by atoms with Crippen molar-refractivity contribution in [3.8, 4) is 10.4 Å². The lowest BCUT2D eigenvalue weighted by Crippen LogP contribution is -2.43. The van der Waals surface area contributed by atoms with Crippen LogP contribution in [0, 0.1) is 11.6 Å². The monoisotopic (exact) mass is 566 g/mol. The molecule has 3 aromatic rings. The molecule has 1 saturated heterocycles. The molecule has 0 spiro atoms. The largest absolute Gasteiger partial charge is 0.394 e. The zero-order chi connectivity index (χ0) is 27.8. The molecule has 0 saturated carbocycles. The zero-order valence-electron chi connectivity index (χ0n) is 20.7. The predicted molar refractivity (Wildman–Crippen MR) is 141 cm³/mol. The fraction of sp³-hybridized carbons (Fsp3) is 0.360. The molecule has 13 heteroatoms. The number of nitrogens with two attached hydrogens (primary N) is 1. The molecule has 2 aromatic heterocycles. The van der Waals surface area contributed by atoms with Crippen molar-refractivity contribution in [1.82, 2.24) is 9.88 Å². The van der Waals surface area contributed by atoms with E-state index in [9.17, 15) is 32.2 Å². The lowest BCUT2D eigenvalue weighted by molar-refractivity contribution is 0.0778. The van der Waals surface area contributed by atoms with Crippen molar-refractivity contribution in [3.05, 3.63) is 64.9 Å². The maximum Gasteiger partial charge on any atom is 0.251 e. The third-order valence-corrected chi connectivity index (χ3v) is 9.02. The highest BCUT2D eigenvalue weighted by atomic mass is 32.2. The fourth-order valence-corrected chi connectivity index (χ4v) is 6.56. The summed E-state index contributed by atoms with van der Waals surface area (Å²) in [5.41, 5.74) is 4.27. The number of halogens is 2. The molecule has 1 unspecified atom stereocenters. The maximum atomic E-state index is 14.9. The second-order valence-electron chi connectivity index (χ2n) is 9.55. The van der Waals surface area contributed by atoms with Gasteiger partial charge < -0.3 is 21.3 Å². The Labute approximate surface area is 222 Å². The molecular weight excluding hydrogens is 538 g/mol.